The molecule has 0 radical (unpaired) electrons. The molecule has 0 saturated heterocycles. The Morgan fingerprint density at radius 1 is 1.07 bits per heavy atom. The first-order valence-corrected chi connectivity index (χ1v) is 5.08. The van der Waals surface area contributed by atoms with Crippen molar-refractivity contribution in [2.24, 2.45) is 33.1 Å². The zero-order chi connectivity index (χ0) is 10.4. The number of hydrogen-bond acceptors (Lipinski definition) is 1. The van der Waals surface area contributed by atoms with Gasteiger partial charge in [-0.3, -0.25) is 4.99 Å². The number of nitrogens with zero attached hydrogens (tertiary/aromatic N) is 2. The molecule has 1 rings (SSSR count). The maximum Gasteiger partial charge on any atom is 0.218 e. The Morgan fingerprint density at radius 2 is 1.71 bits per heavy atom. The highest BCUT2D eigenvalue weighted by Crippen LogP contribution is 2.23. The second kappa shape index (κ2) is 5.47. The van der Waals surface area contributed by atoms with Gasteiger partial charge in [0.05, 0.1) is 0 Å². The van der Waals surface area contributed by atoms with Crippen molar-refractivity contribution in [2.75, 3.05) is 6.54 Å². The van der Waals surface area contributed by atoms with Crippen LogP contribution in [-0.4, -0.2) is 18.5 Å². The van der Waals surface area contributed by atoms with Gasteiger partial charge in [-0.15, -0.1) is 0 Å². The van der Waals surface area contributed by atoms with Crippen molar-refractivity contribution >= 4 is 11.9 Å². The summed E-state index contributed by atoms with van der Waals surface area (Å²) in [6, 6.07) is 0. The molecule has 0 aromatic carbocycles. The average molecular weight is 197 g/mol. The Bertz CT molecular complexity index is 223. The lowest BCUT2D eigenvalue weighted by Gasteiger charge is -2.19. The summed E-state index contributed by atoms with van der Waals surface area (Å²) in [5.41, 5.74) is 15.8. The largest absolute Gasteiger partial charge is 0.370 e. The summed E-state index contributed by atoms with van der Waals surface area (Å²) in [4.78, 5) is 7.80. The van der Waals surface area contributed by atoms with Crippen LogP contribution in [0.3, 0.4) is 0 Å². The van der Waals surface area contributed by atoms with Gasteiger partial charge in [0.2, 0.25) is 5.96 Å². The van der Waals surface area contributed by atoms with Crippen LogP contribution < -0.4 is 17.2 Å². The number of aliphatic imine (C=N–C) groups is 2. The molecule has 0 atom stereocenters. The van der Waals surface area contributed by atoms with E-state index in [1.807, 2.05) is 0 Å². The quantitative estimate of drug-likeness (QED) is 0.434. The lowest BCUT2D eigenvalue weighted by molar-refractivity contribution is 0.367. The highest BCUT2D eigenvalue weighted by atomic mass is 15.1. The fraction of sp³-hybridized carbons (Fsp3) is 0.778. The molecule has 0 unspecified atom stereocenters. The molecule has 5 nitrogen and oxygen atoms in total. The fourth-order valence-corrected chi connectivity index (χ4v) is 1.76. The Kier molecular flexibility index (Phi) is 4.22. The summed E-state index contributed by atoms with van der Waals surface area (Å²) in [7, 11) is 0. The van der Waals surface area contributed by atoms with E-state index in [0.29, 0.717) is 5.92 Å². The van der Waals surface area contributed by atoms with Crippen LogP contribution in [0.25, 0.3) is 0 Å². The normalized spacial score (nSPS) is 19.3. The second-order valence-corrected chi connectivity index (χ2v) is 3.74. The van der Waals surface area contributed by atoms with Crippen LogP contribution in [0.15, 0.2) is 9.98 Å². The topological polar surface area (TPSA) is 103 Å². The van der Waals surface area contributed by atoms with Gasteiger partial charge in [0.1, 0.15) is 0 Å². The van der Waals surface area contributed by atoms with E-state index in [0.717, 1.165) is 6.54 Å². The third-order valence-electron chi connectivity index (χ3n) is 2.48. The molecule has 0 aliphatic heterocycles. The summed E-state index contributed by atoms with van der Waals surface area (Å²) in [6.45, 7) is 0.753. The number of guanidine groups is 2. The molecule has 1 saturated carbocycles. The molecule has 1 fully saturated rings. The predicted molar refractivity (Wildman–Crippen MR) is 58.9 cm³/mol. The lowest BCUT2D eigenvalue weighted by Crippen LogP contribution is -2.26. The Balaban J connectivity index is 2.33. The van der Waals surface area contributed by atoms with Crippen LogP contribution in [0.5, 0.6) is 0 Å². The van der Waals surface area contributed by atoms with Gasteiger partial charge in [-0.1, -0.05) is 19.3 Å². The molecule has 0 aromatic rings. The van der Waals surface area contributed by atoms with Gasteiger partial charge in [0, 0.05) is 6.54 Å². The lowest BCUT2D eigenvalue weighted by atomic mass is 9.89. The zero-order valence-corrected chi connectivity index (χ0v) is 8.45. The summed E-state index contributed by atoms with van der Waals surface area (Å²) < 4.78 is 0. The van der Waals surface area contributed by atoms with E-state index >= 15 is 0 Å². The Hall–Kier alpha value is -1.26. The van der Waals surface area contributed by atoms with E-state index in [1.165, 1.54) is 32.1 Å². The third-order valence-corrected chi connectivity index (χ3v) is 2.48. The molecule has 0 amide bonds. The highest BCUT2D eigenvalue weighted by molar-refractivity contribution is 5.92. The molecule has 1 aliphatic carbocycles. The van der Waals surface area contributed by atoms with Crippen LogP contribution in [0.2, 0.25) is 0 Å². The van der Waals surface area contributed by atoms with Gasteiger partial charge >= 0.3 is 0 Å². The molecule has 1 aliphatic rings. The van der Waals surface area contributed by atoms with Crippen LogP contribution in [0, 0.1) is 5.92 Å². The standard InChI is InChI=1S/C9H19N5/c10-8(11)14-9(12)13-6-7-4-2-1-3-5-7/h7H,1-6H2,(H6,10,11,12,13,14). The van der Waals surface area contributed by atoms with E-state index < -0.39 is 0 Å². The number of rotatable bonds is 2. The SMILES string of the molecule is NC(N)=NC(N)=NCC1CCCCC1. The summed E-state index contributed by atoms with van der Waals surface area (Å²) in [6.07, 6.45) is 6.46. The van der Waals surface area contributed by atoms with Gasteiger partial charge in [-0.25, -0.2) is 0 Å². The molecule has 0 bridgehead atoms. The van der Waals surface area contributed by atoms with Crippen molar-refractivity contribution in [3.05, 3.63) is 0 Å². The highest BCUT2D eigenvalue weighted by Gasteiger charge is 2.12. The van der Waals surface area contributed by atoms with E-state index in [-0.39, 0.29) is 11.9 Å². The monoisotopic (exact) mass is 197 g/mol. The minimum absolute atomic E-state index is 0.0325. The molecule has 14 heavy (non-hydrogen) atoms. The molecular formula is C9H19N5. The molecule has 0 spiro atoms. The number of hydrogen-bond donors (Lipinski definition) is 3. The van der Waals surface area contributed by atoms with Crippen molar-refractivity contribution in [3.8, 4) is 0 Å². The van der Waals surface area contributed by atoms with Crippen LogP contribution >= 0.6 is 0 Å². The summed E-state index contributed by atoms with van der Waals surface area (Å²) in [5.74, 6) is 0.821. The van der Waals surface area contributed by atoms with Crippen molar-refractivity contribution in [3.63, 3.8) is 0 Å². The molecule has 0 aromatic heterocycles. The summed E-state index contributed by atoms with van der Waals surface area (Å²) >= 11 is 0. The van der Waals surface area contributed by atoms with E-state index in [2.05, 4.69) is 9.98 Å². The van der Waals surface area contributed by atoms with E-state index in [4.69, 9.17) is 17.2 Å². The molecular weight excluding hydrogens is 178 g/mol. The fourth-order valence-electron chi connectivity index (χ4n) is 1.76. The minimum atomic E-state index is -0.0325. The van der Waals surface area contributed by atoms with Crippen LogP contribution in [0.1, 0.15) is 32.1 Å². The maximum absolute atomic E-state index is 5.49. The van der Waals surface area contributed by atoms with Crippen molar-refractivity contribution in [1.29, 1.82) is 0 Å². The van der Waals surface area contributed by atoms with E-state index in [1.54, 1.807) is 0 Å². The first kappa shape index (κ1) is 10.8. The molecule has 6 N–H and O–H groups in total. The van der Waals surface area contributed by atoms with Crippen molar-refractivity contribution in [2.45, 2.75) is 32.1 Å². The Labute approximate surface area is 84.5 Å². The van der Waals surface area contributed by atoms with Gasteiger partial charge < -0.3 is 17.2 Å². The third kappa shape index (κ3) is 4.11. The van der Waals surface area contributed by atoms with Gasteiger partial charge in [0.15, 0.2) is 5.96 Å². The van der Waals surface area contributed by atoms with Gasteiger partial charge in [-0.2, -0.15) is 4.99 Å². The maximum atomic E-state index is 5.49. The van der Waals surface area contributed by atoms with Gasteiger partial charge in [0.25, 0.3) is 0 Å². The predicted octanol–water partition coefficient (Wildman–Crippen LogP) is 0.155. The Morgan fingerprint density at radius 3 is 2.29 bits per heavy atom. The van der Waals surface area contributed by atoms with E-state index in [9.17, 15) is 0 Å². The molecule has 80 valence electrons. The zero-order valence-electron chi connectivity index (χ0n) is 8.45. The average Bonchev–Trinajstić information content (AvgIpc) is 2.15. The van der Waals surface area contributed by atoms with Crippen LogP contribution in [0.4, 0.5) is 0 Å². The molecule has 0 heterocycles. The van der Waals surface area contributed by atoms with Crippen molar-refractivity contribution < 1.29 is 0 Å². The number of nitrogens with two attached hydrogens (primary N) is 3. The first-order valence-electron chi connectivity index (χ1n) is 5.08. The van der Waals surface area contributed by atoms with Crippen LogP contribution in [-0.2, 0) is 0 Å². The smallest absolute Gasteiger partial charge is 0.218 e. The minimum Gasteiger partial charge on any atom is -0.370 e. The molecule has 5 heteroatoms. The second-order valence-electron chi connectivity index (χ2n) is 3.74. The first-order chi connectivity index (χ1) is 6.68. The van der Waals surface area contributed by atoms with Gasteiger partial charge in [-0.05, 0) is 18.8 Å². The summed E-state index contributed by atoms with van der Waals surface area (Å²) in [5, 5.41) is 0. The van der Waals surface area contributed by atoms with Crippen molar-refractivity contribution in [1.82, 2.24) is 0 Å².